The molecule has 1 aromatic rings. The molecule has 0 bridgehead atoms. The number of hydrogen-bond donors (Lipinski definition) is 0. The molecular formula is C16H27N3O2. The summed E-state index contributed by atoms with van der Waals surface area (Å²) in [7, 11) is 5.59. The number of hydrogen-bond acceptors (Lipinski definition) is 5. The predicted molar refractivity (Wildman–Crippen MR) is 83.5 cm³/mol. The molecule has 1 aliphatic heterocycles. The third kappa shape index (κ3) is 5.26. The lowest BCUT2D eigenvalue weighted by atomic mass is 10.1. The predicted octanol–water partition coefficient (Wildman–Crippen LogP) is 1.49. The summed E-state index contributed by atoms with van der Waals surface area (Å²) >= 11 is 0. The lowest BCUT2D eigenvalue weighted by Crippen LogP contribution is -2.29. The van der Waals surface area contributed by atoms with E-state index in [1.54, 1.807) is 14.2 Å². The molecule has 21 heavy (non-hydrogen) atoms. The van der Waals surface area contributed by atoms with E-state index < -0.39 is 0 Å². The minimum absolute atomic E-state index is 0.672. The average Bonchev–Trinajstić information content (AvgIpc) is 2.93. The molecule has 2 heterocycles. The van der Waals surface area contributed by atoms with Crippen molar-refractivity contribution in [1.29, 1.82) is 0 Å². The van der Waals surface area contributed by atoms with Gasteiger partial charge in [-0.3, -0.25) is 0 Å². The van der Waals surface area contributed by atoms with Crippen LogP contribution in [-0.4, -0.2) is 68.8 Å². The molecule has 0 spiro atoms. The quantitative estimate of drug-likeness (QED) is 0.726. The lowest BCUT2D eigenvalue weighted by Gasteiger charge is -2.21. The van der Waals surface area contributed by atoms with Gasteiger partial charge in [-0.25, -0.2) is 4.98 Å². The summed E-state index contributed by atoms with van der Waals surface area (Å²) in [4.78, 5) is 9.14. The van der Waals surface area contributed by atoms with Crippen LogP contribution < -0.4 is 4.74 Å². The van der Waals surface area contributed by atoms with E-state index in [4.69, 9.17) is 9.47 Å². The number of methoxy groups -OCH3 is 2. The summed E-state index contributed by atoms with van der Waals surface area (Å²) < 4.78 is 10.2. The minimum Gasteiger partial charge on any atom is -0.481 e. The zero-order chi connectivity index (χ0) is 15.1. The Morgan fingerprint density at radius 1 is 1.38 bits per heavy atom. The minimum atomic E-state index is 0.672. The largest absolute Gasteiger partial charge is 0.481 e. The summed E-state index contributed by atoms with van der Waals surface area (Å²) in [5.74, 6) is 1.43. The van der Waals surface area contributed by atoms with Crippen molar-refractivity contribution in [3.63, 3.8) is 0 Å². The highest BCUT2D eigenvalue weighted by Gasteiger charge is 2.23. The fourth-order valence-electron chi connectivity index (χ4n) is 2.93. The Bertz CT molecular complexity index is 410. The molecule has 0 amide bonds. The fourth-order valence-corrected chi connectivity index (χ4v) is 2.93. The van der Waals surface area contributed by atoms with E-state index >= 15 is 0 Å². The molecule has 5 heteroatoms. The van der Waals surface area contributed by atoms with Crippen LogP contribution in [0.15, 0.2) is 18.3 Å². The molecule has 1 fully saturated rings. The molecule has 5 nitrogen and oxygen atoms in total. The highest BCUT2D eigenvalue weighted by molar-refractivity contribution is 5.17. The van der Waals surface area contributed by atoms with Crippen molar-refractivity contribution in [3.05, 3.63) is 23.9 Å². The van der Waals surface area contributed by atoms with Gasteiger partial charge in [-0.05, 0) is 31.5 Å². The molecule has 118 valence electrons. The molecule has 0 N–H and O–H groups in total. The molecule has 1 atom stereocenters. The van der Waals surface area contributed by atoms with Crippen LogP contribution in [0.3, 0.4) is 0 Å². The Balaban J connectivity index is 1.73. The third-order valence-corrected chi connectivity index (χ3v) is 4.01. The molecule has 1 unspecified atom stereocenters. The number of pyridine rings is 1. The zero-order valence-electron chi connectivity index (χ0n) is 13.4. The van der Waals surface area contributed by atoms with E-state index in [0.29, 0.717) is 5.88 Å². The van der Waals surface area contributed by atoms with Crippen molar-refractivity contribution in [2.45, 2.75) is 13.0 Å². The van der Waals surface area contributed by atoms with Crippen LogP contribution in [0.25, 0.3) is 0 Å². The first-order valence-electron chi connectivity index (χ1n) is 7.60. The van der Waals surface area contributed by atoms with Crippen LogP contribution in [0, 0.1) is 5.92 Å². The van der Waals surface area contributed by atoms with Gasteiger partial charge in [-0.1, -0.05) is 6.07 Å². The van der Waals surface area contributed by atoms with Gasteiger partial charge < -0.3 is 19.3 Å². The van der Waals surface area contributed by atoms with Crippen LogP contribution in [0.1, 0.15) is 12.0 Å². The molecule has 0 aromatic carbocycles. The van der Waals surface area contributed by atoms with Crippen molar-refractivity contribution in [2.24, 2.45) is 5.92 Å². The Morgan fingerprint density at radius 2 is 2.24 bits per heavy atom. The zero-order valence-corrected chi connectivity index (χ0v) is 13.4. The van der Waals surface area contributed by atoms with Gasteiger partial charge in [0.1, 0.15) is 0 Å². The van der Waals surface area contributed by atoms with Gasteiger partial charge in [0.25, 0.3) is 0 Å². The SMILES string of the molecule is COCCN1CCC(CN(C)Cc2ccc(OC)nc2)C1. The first-order valence-corrected chi connectivity index (χ1v) is 7.60. The first kappa shape index (κ1) is 16.2. The van der Waals surface area contributed by atoms with Crippen molar-refractivity contribution in [1.82, 2.24) is 14.8 Å². The first-order chi connectivity index (χ1) is 10.2. The molecule has 1 saturated heterocycles. The summed E-state index contributed by atoms with van der Waals surface area (Å²) in [6.45, 7) is 6.35. The number of likely N-dealkylation sites (tertiary alicyclic amines) is 1. The molecule has 0 saturated carbocycles. The van der Waals surface area contributed by atoms with Crippen LogP contribution in [0.2, 0.25) is 0 Å². The Kier molecular flexibility index (Phi) is 6.42. The number of aromatic nitrogens is 1. The molecule has 1 aliphatic rings. The van der Waals surface area contributed by atoms with Crippen LogP contribution in [0.5, 0.6) is 5.88 Å². The van der Waals surface area contributed by atoms with Gasteiger partial charge in [-0.15, -0.1) is 0 Å². The molecule has 0 radical (unpaired) electrons. The Morgan fingerprint density at radius 3 is 2.90 bits per heavy atom. The van der Waals surface area contributed by atoms with E-state index in [1.807, 2.05) is 12.3 Å². The summed E-state index contributed by atoms with van der Waals surface area (Å²) in [5, 5.41) is 0. The second kappa shape index (κ2) is 8.32. The highest BCUT2D eigenvalue weighted by atomic mass is 16.5. The standard InChI is InChI=1S/C16H27N3O2/c1-18(11-14-4-5-16(21-3)17-10-14)12-15-6-7-19(13-15)8-9-20-2/h4-5,10,15H,6-9,11-13H2,1-3H3. The van der Waals surface area contributed by atoms with E-state index in [0.717, 1.165) is 32.2 Å². The molecule has 1 aromatic heterocycles. The maximum Gasteiger partial charge on any atom is 0.212 e. The Labute approximate surface area is 127 Å². The lowest BCUT2D eigenvalue weighted by molar-refractivity contribution is 0.157. The van der Waals surface area contributed by atoms with E-state index in [9.17, 15) is 0 Å². The Hall–Kier alpha value is -1.17. The summed E-state index contributed by atoms with van der Waals surface area (Å²) in [6.07, 6.45) is 3.18. The van der Waals surface area contributed by atoms with Gasteiger partial charge in [-0.2, -0.15) is 0 Å². The fraction of sp³-hybridized carbons (Fsp3) is 0.688. The maximum atomic E-state index is 5.15. The van der Waals surface area contributed by atoms with Crippen molar-refractivity contribution >= 4 is 0 Å². The van der Waals surface area contributed by atoms with Gasteiger partial charge in [0.05, 0.1) is 13.7 Å². The monoisotopic (exact) mass is 293 g/mol. The summed E-state index contributed by atoms with van der Waals surface area (Å²) in [6, 6.07) is 4.01. The highest BCUT2D eigenvalue weighted by Crippen LogP contribution is 2.17. The smallest absolute Gasteiger partial charge is 0.212 e. The van der Waals surface area contributed by atoms with E-state index in [2.05, 4.69) is 27.9 Å². The van der Waals surface area contributed by atoms with Gasteiger partial charge >= 0.3 is 0 Å². The molecule has 0 aliphatic carbocycles. The van der Waals surface area contributed by atoms with Gasteiger partial charge in [0, 0.05) is 45.6 Å². The number of ether oxygens (including phenoxy) is 2. The second-order valence-corrected chi connectivity index (χ2v) is 5.85. The van der Waals surface area contributed by atoms with E-state index in [1.165, 1.54) is 25.1 Å². The van der Waals surface area contributed by atoms with Crippen LogP contribution >= 0.6 is 0 Å². The van der Waals surface area contributed by atoms with E-state index in [-0.39, 0.29) is 0 Å². The third-order valence-electron chi connectivity index (χ3n) is 4.01. The van der Waals surface area contributed by atoms with Crippen molar-refractivity contribution < 1.29 is 9.47 Å². The van der Waals surface area contributed by atoms with Crippen LogP contribution in [0.4, 0.5) is 0 Å². The number of rotatable bonds is 8. The summed E-state index contributed by atoms with van der Waals surface area (Å²) in [5.41, 5.74) is 1.23. The number of nitrogens with zero attached hydrogens (tertiary/aromatic N) is 3. The average molecular weight is 293 g/mol. The molecular weight excluding hydrogens is 266 g/mol. The van der Waals surface area contributed by atoms with Crippen LogP contribution in [-0.2, 0) is 11.3 Å². The van der Waals surface area contributed by atoms with Crippen molar-refractivity contribution in [3.8, 4) is 5.88 Å². The normalized spacial score (nSPS) is 19.3. The molecule has 2 rings (SSSR count). The van der Waals surface area contributed by atoms with Gasteiger partial charge in [0.2, 0.25) is 5.88 Å². The van der Waals surface area contributed by atoms with Crippen molar-refractivity contribution in [2.75, 3.05) is 54.1 Å². The second-order valence-electron chi connectivity index (χ2n) is 5.85. The topological polar surface area (TPSA) is 37.8 Å². The maximum absolute atomic E-state index is 5.15. The van der Waals surface area contributed by atoms with Gasteiger partial charge in [0.15, 0.2) is 0 Å².